The summed E-state index contributed by atoms with van der Waals surface area (Å²) in [6.45, 7) is 0. The fourth-order valence-electron chi connectivity index (χ4n) is 3.93. The van der Waals surface area contributed by atoms with E-state index in [2.05, 4.69) is 80.4 Å². The molecule has 3 aromatic carbocycles. The van der Waals surface area contributed by atoms with E-state index < -0.39 is 0 Å². The summed E-state index contributed by atoms with van der Waals surface area (Å²) in [5.74, 6) is 0.889. The van der Waals surface area contributed by atoms with Gasteiger partial charge in [-0.25, -0.2) is 4.98 Å². The molecular weight excluding hydrogens is 422 g/mol. The number of anilines is 1. The van der Waals surface area contributed by atoms with E-state index in [9.17, 15) is 0 Å². The van der Waals surface area contributed by atoms with Gasteiger partial charge in [-0.3, -0.25) is 0 Å². The molecule has 1 aliphatic rings. The van der Waals surface area contributed by atoms with Crippen molar-refractivity contribution in [2.75, 3.05) is 5.32 Å². The number of para-hydroxylation sites is 2. The number of fused-ring (bicyclic) bond motifs is 3. The number of nitrogens with zero attached hydrogens (tertiary/aromatic N) is 2. The summed E-state index contributed by atoms with van der Waals surface area (Å²) < 4.78 is 3.36. The molecule has 2 heterocycles. The number of hydrogen-bond acceptors (Lipinski definition) is 2. The predicted molar refractivity (Wildman–Crippen MR) is 114 cm³/mol. The van der Waals surface area contributed by atoms with Crippen LogP contribution in [-0.2, 0) is 0 Å². The lowest BCUT2D eigenvalue weighted by molar-refractivity contribution is 0.477. The summed E-state index contributed by atoms with van der Waals surface area (Å²) in [4.78, 5) is 4.85. The third-order valence-corrected chi connectivity index (χ3v) is 6.08. The van der Waals surface area contributed by atoms with Crippen molar-refractivity contribution in [3.63, 3.8) is 0 Å². The fourth-order valence-corrected chi connectivity index (χ4v) is 4.46. The molecule has 0 bridgehead atoms. The number of halogens is 2. The Kier molecular flexibility index (Phi) is 4.18. The zero-order chi connectivity index (χ0) is 18.4. The van der Waals surface area contributed by atoms with E-state index in [1.165, 1.54) is 5.56 Å². The highest BCUT2D eigenvalue weighted by Gasteiger charge is 2.31. The number of rotatable bonds is 2. The normalized spacial score (nSPS) is 18.9. The third-order valence-electron chi connectivity index (χ3n) is 5.21. The van der Waals surface area contributed by atoms with Crippen molar-refractivity contribution in [1.29, 1.82) is 0 Å². The highest BCUT2D eigenvalue weighted by Crippen LogP contribution is 2.42. The molecule has 0 aliphatic carbocycles. The van der Waals surface area contributed by atoms with Crippen LogP contribution in [0.15, 0.2) is 77.3 Å². The molecule has 1 aliphatic heterocycles. The van der Waals surface area contributed by atoms with Crippen LogP contribution in [0.3, 0.4) is 0 Å². The van der Waals surface area contributed by atoms with Crippen LogP contribution in [0, 0.1) is 0 Å². The van der Waals surface area contributed by atoms with Crippen LogP contribution in [0.1, 0.15) is 29.6 Å². The largest absolute Gasteiger partial charge is 0.349 e. The first-order valence-electron chi connectivity index (χ1n) is 8.94. The Hall–Kier alpha value is -2.30. The Morgan fingerprint density at radius 2 is 1.70 bits per heavy atom. The van der Waals surface area contributed by atoms with Gasteiger partial charge < -0.3 is 9.88 Å². The summed E-state index contributed by atoms with van der Waals surface area (Å²) in [5.41, 5.74) is 4.49. The standard InChI is InChI=1S/C22H17BrClN3/c23-15-11-9-14(10-12-15)19-13-21(16-5-1-2-6-17(16)24)27-20-8-4-3-7-18(20)25-22(27)26-19/h1-12,19,21H,13H2,(H,25,26)/t19-,21-/m0/s1. The third kappa shape index (κ3) is 2.93. The molecule has 0 amide bonds. The van der Waals surface area contributed by atoms with Gasteiger partial charge in [0.2, 0.25) is 5.95 Å². The summed E-state index contributed by atoms with van der Waals surface area (Å²) in [6.07, 6.45) is 0.902. The molecule has 0 unspecified atom stereocenters. The van der Waals surface area contributed by atoms with Gasteiger partial charge in [-0.05, 0) is 47.9 Å². The topological polar surface area (TPSA) is 29.9 Å². The second-order valence-electron chi connectivity index (χ2n) is 6.82. The SMILES string of the molecule is Clc1ccccc1[C@@H]1C[C@@H](c2ccc(Br)cc2)Nc2nc3ccccc3n21. The summed E-state index contributed by atoms with van der Waals surface area (Å²) in [5, 5.41) is 4.43. The van der Waals surface area contributed by atoms with Gasteiger partial charge >= 0.3 is 0 Å². The van der Waals surface area contributed by atoms with Crippen LogP contribution in [-0.4, -0.2) is 9.55 Å². The van der Waals surface area contributed by atoms with E-state index in [0.29, 0.717) is 0 Å². The van der Waals surface area contributed by atoms with E-state index in [1.807, 2.05) is 18.2 Å². The quantitative estimate of drug-likeness (QED) is 0.382. The van der Waals surface area contributed by atoms with E-state index in [-0.39, 0.29) is 12.1 Å². The van der Waals surface area contributed by atoms with Gasteiger partial charge in [-0.15, -0.1) is 0 Å². The van der Waals surface area contributed by atoms with Gasteiger partial charge in [-0.1, -0.05) is 70.0 Å². The minimum Gasteiger partial charge on any atom is -0.349 e. The average molecular weight is 439 g/mol. The van der Waals surface area contributed by atoms with E-state index in [1.54, 1.807) is 0 Å². The minimum atomic E-state index is 0.121. The van der Waals surface area contributed by atoms with Gasteiger partial charge in [0.1, 0.15) is 0 Å². The smallest absolute Gasteiger partial charge is 0.204 e. The average Bonchev–Trinajstić information content (AvgIpc) is 3.07. The number of imidazole rings is 1. The van der Waals surface area contributed by atoms with Gasteiger partial charge in [0.05, 0.1) is 23.1 Å². The van der Waals surface area contributed by atoms with Crippen LogP contribution in [0.25, 0.3) is 11.0 Å². The van der Waals surface area contributed by atoms with E-state index in [0.717, 1.165) is 38.5 Å². The molecule has 0 saturated carbocycles. The molecule has 0 spiro atoms. The minimum absolute atomic E-state index is 0.121. The lowest BCUT2D eigenvalue weighted by Crippen LogP contribution is -2.27. The second-order valence-corrected chi connectivity index (χ2v) is 8.14. The monoisotopic (exact) mass is 437 g/mol. The lowest BCUT2D eigenvalue weighted by Gasteiger charge is -2.34. The molecule has 0 saturated heterocycles. The van der Waals surface area contributed by atoms with Gasteiger partial charge in [-0.2, -0.15) is 0 Å². The van der Waals surface area contributed by atoms with Gasteiger partial charge in [0.15, 0.2) is 0 Å². The molecule has 2 atom stereocenters. The number of benzene rings is 3. The molecule has 1 aromatic heterocycles. The molecule has 0 radical (unpaired) electrons. The number of hydrogen-bond donors (Lipinski definition) is 1. The van der Waals surface area contributed by atoms with E-state index >= 15 is 0 Å². The molecule has 4 aromatic rings. The predicted octanol–water partition coefficient (Wildman–Crippen LogP) is 6.60. The Morgan fingerprint density at radius 1 is 0.963 bits per heavy atom. The van der Waals surface area contributed by atoms with Crippen LogP contribution >= 0.6 is 27.5 Å². The molecule has 134 valence electrons. The van der Waals surface area contributed by atoms with Crippen LogP contribution in [0.5, 0.6) is 0 Å². The van der Waals surface area contributed by atoms with Crippen molar-refractivity contribution in [1.82, 2.24) is 9.55 Å². The summed E-state index contributed by atoms with van der Waals surface area (Å²) in [7, 11) is 0. The molecule has 1 N–H and O–H groups in total. The van der Waals surface area contributed by atoms with Crippen molar-refractivity contribution < 1.29 is 0 Å². The fraction of sp³-hybridized carbons (Fsp3) is 0.136. The molecule has 27 heavy (non-hydrogen) atoms. The van der Waals surface area contributed by atoms with Crippen molar-refractivity contribution in [3.05, 3.63) is 93.4 Å². The zero-order valence-electron chi connectivity index (χ0n) is 14.4. The zero-order valence-corrected chi connectivity index (χ0v) is 16.8. The van der Waals surface area contributed by atoms with Crippen molar-refractivity contribution in [3.8, 4) is 0 Å². The van der Waals surface area contributed by atoms with Crippen LogP contribution < -0.4 is 5.32 Å². The van der Waals surface area contributed by atoms with Gasteiger partial charge in [0, 0.05) is 9.50 Å². The highest BCUT2D eigenvalue weighted by molar-refractivity contribution is 9.10. The van der Waals surface area contributed by atoms with Crippen molar-refractivity contribution in [2.24, 2.45) is 0 Å². The maximum Gasteiger partial charge on any atom is 0.204 e. The summed E-state index contributed by atoms with van der Waals surface area (Å²) in [6, 6.07) is 25.1. The summed E-state index contributed by atoms with van der Waals surface area (Å²) >= 11 is 10.1. The Bertz CT molecular complexity index is 1120. The van der Waals surface area contributed by atoms with Crippen molar-refractivity contribution in [2.45, 2.75) is 18.5 Å². The molecule has 0 fully saturated rings. The van der Waals surface area contributed by atoms with Crippen molar-refractivity contribution >= 4 is 44.5 Å². The Labute approximate surface area is 171 Å². The highest BCUT2D eigenvalue weighted by atomic mass is 79.9. The number of nitrogens with one attached hydrogen (secondary N) is 1. The first-order chi connectivity index (χ1) is 13.2. The Morgan fingerprint density at radius 3 is 2.52 bits per heavy atom. The van der Waals surface area contributed by atoms with Crippen LogP contribution in [0.2, 0.25) is 5.02 Å². The first-order valence-corrected chi connectivity index (χ1v) is 10.1. The molecular formula is C22H17BrClN3. The van der Waals surface area contributed by atoms with Gasteiger partial charge in [0.25, 0.3) is 0 Å². The molecule has 3 nitrogen and oxygen atoms in total. The molecule has 5 rings (SSSR count). The second kappa shape index (κ2) is 6.70. The van der Waals surface area contributed by atoms with E-state index in [4.69, 9.17) is 16.6 Å². The maximum atomic E-state index is 6.60. The lowest BCUT2D eigenvalue weighted by atomic mass is 9.93. The maximum absolute atomic E-state index is 6.60. The first kappa shape index (κ1) is 16.8. The van der Waals surface area contributed by atoms with Crippen LogP contribution in [0.4, 0.5) is 5.95 Å². The number of aromatic nitrogens is 2. The molecule has 5 heteroatoms. The Balaban J connectivity index is 1.68.